The number of halogens is 4. The Balaban J connectivity index is 0.000000566. The highest BCUT2D eigenvalue weighted by atomic mass is 35.5. The predicted molar refractivity (Wildman–Crippen MR) is 163 cm³/mol. The van der Waals surface area contributed by atoms with Gasteiger partial charge in [-0.2, -0.15) is 13.2 Å². The smallest absolute Gasteiger partial charge is 0.475 e. The van der Waals surface area contributed by atoms with Crippen molar-refractivity contribution in [2.45, 2.75) is 12.6 Å². The van der Waals surface area contributed by atoms with Crippen LogP contribution in [0.5, 0.6) is 0 Å². The number of nitrogens with zero attached hydrogens (tertiary/aromatic N) is 4. The van der Waals surface area contributed by atoms with E-state index in [1.165, 1.54) is 17.0 Å². The molecule has 44 heavy (non-hydrogen) atoms. The molecule has 10 nitrogen and oxygen atoms in total. The fourth-order valence-electron chi connectivity index (χ4n) is 4.29. The summed E-state index contributed by atoms with van der Waals surface area (Å²) in [5.41, 5.74) is 3.52. The lowest BCUT2D eigenvalue weighted by Gasteiger charge is -2.36. The van der Waals surface area contributed by atoms with Crippen LogP contribution in [0.2, 0.25) is 5.02 Å². The molecular weight excluding hydrogens is 621 g/mol. The number of alkyl halides is 3. The van der Waals surface area contributed by atoms with Gasteiger partial charge in [-0.3, -0.25) is 19.5 Å². The van der Waals surface area contributed by atoms with Gasteiger partial charge in [0.2, 0.25) is 0 Å². The number of hydrogen-bond donors (Lipinski definition) is 3. The van der Waals surface area contributed by atoms with Crippen LogP contribution >= 0.6 is 22.9 Å². The lowest BCUT2D eigenvalue weighted by atomic mass is 10.2. The van der Waals surface area contributed by atoms with Crippen LogP contribution in [0.4, 0.5) is 24.5 Å². The summed E-state index contributed by atoms with van der Waals surface area (Å²) in [5, 5.41) is 14.0. The molecule has 1 saturated heterocycles. The van der Waals surface area contributed by atoms with E-state index in [0.717, 1.165) is 59.9 Å². The zero-order valence-electron chi connectivity index (χ0n) is 23.2. The number of amides is 2. The molecule has 1 aliphatic heterocycles. The third kappa shape index (κ3) is 9.11. The first-order chi connectivity index (χ1) is 21.0. The Morgan fingerprint density at radius 2 is 1.61 bits per heavy atom. The van der Waals surface area contributed by atoms with Gasteiger partial charge in [0.25, 0.3) is 0 Å². The van der Waals surface area contributed by atoms with E-state index in [4.69, 9.17) is 21.5 Å². The van der Waals surface area contributed by atoms with E-state index in [1.807, 2.05) is 54.9 Å². The highest BCUT2D eigenvalue weighted by Crippen LogP contribution is 2.34. The first-order valence-corrected chi connectivity index (χ1v) is 14.6. The van der Waals surface area contributed by atoms with Gasteiger partial charge in [-0.25, -0.2) is 9.78 Å². The lowest BCUT2D eigenvalue weighted by Crippen LogP contribution is -2.47. The van der Waals surface area contributed by atoms with Gasteiger partial charge in [0.15, 0.2) is 0 Å². The van der Waals surface area contributed by atoms with Gasteiger partial charge in [0, 0.05) is 62.1 Å². The Hall–Kier alpha value is -4.27. The van der Waals surface area contributed by atoms with Crippen molar-refractivity contribution >= 4 is 62.3 Å². The van der Waals surface area contributed by atoms with Crippen molar-refractivity contribution in [2.24, 2.45) is 0 Å². The SMILES string of the molecule is O=C(NCCCN1CCN(c2ccncc2)CC1)C(=O)Nc1ccc(-c2nc3cccc(Cl)c3s2)cc1.O=C(O)C(F)(F)F. The van der Waals surface area contributed by atoms with E-state index < -0.39 is 24.0 Å². The fourth-order valence-corrected chi connectivity index (χ4v) is 5.55. The van der Waals surface area contributed by atoms with Crippen LogP contribution < -0.4 is 15.5 Å². The van der Waals surface area contributed by atoms with Crippen LogP contribution in [0.3, 0.4) is 0 Å². The number of aromatic nitrogens is 2. The van der Waals surface area contributed by atoms with Crippen molar-refractivity contribution in [2.75, 3.05) is 49.5 Å². The molecule has 1 fully saturated rings. The van der Waals surface area contributed by atoms with E-state index in [-0.39, 0.29) is 0 Å². The van der Waals surface area contributed by atoms with Gasteiger partial charge < -0.3 is 20.6 Å². The second-order valence-corrected chi connectivity index (χ2v) is 11.0. The Labute approximate surface area is 259 Å². The minimum Gasteiger partial charge on any atom is -0.475 e. The highest BCUT2D eigenvalue weighted by molar-refractivity contribution is 7.22. The minimum absolute atomic E-state index is 0.454. The number of anilines is 2. The van der Waals surface area contributed by atoms with Crippen LogP contribution in [-0.4, -0.2) is 83.2 Å². The van der Waals surface area contributed by atoms with Gasteiger partial charge in [-0.1, -0.05) is 17.7 Å². The number of piperazine rings is 1. The zero-order valence-corrected chi connectivity index (χ0v) is 24.8. The third-order valence-corrected chi connectivity index (χ3v) is 8.12. The predicted octanol–water partition coefficient (Wildman–Crippen LogP) is 4.91. The number of aliphatic carboxylic acids is 1. The van der Waals surface area contributed by atoms with Crippen molar-refractivity contribution in [3.8, 4) is 10.6 Å². The number of thiazole rings is 1. The third-order valence-electron chi connectivity index (χ3n) is 6.54. The second kappa shape index (κ2) is 14.9. The molecule has 2 aromatic carbocycles. The molecule has 15 heteroatoms. The number of carboxylic acids is 1. The Morgan fingerprint density at radius 3 is 2.23 bits per heavy atom. The van der Waals surface area contributed by atoms with Gasteiger partial charge in [-0.05, 0) is 61.5 Å². The monoisotopic (exact) mass is 648 g/mol. The van der Waals surface area contributed by atoms with E-state index in [0.29, 0.717) is 17.3 Å². The molecule has 3 heterocycles. The largest absolute Gasteiger partial charge is 0.490 e. The van der Waals surface area contributed by atoms with Gasteiger partial charge >= 0.3 is 24.0 Å². The van der Waals surface area contributed by atoms with Crippen LogP contribution in [-0.2, 0) is 14.4 Å². The number of fused-ring (bicyclic) bond motifs is 1. The second-order valence-electron chi connectivity index (χ2n) is 9.59. The Bertz CT molecular complexity index is 1580. The number of pyridine rings is 1. The van der Waals surface area contributed by atoms with Crippen LogP contribution in [0.25, 0.3) is 20.8 Å². The van der Waals surface area contributed by atoms with Crippen molar-refractivity contribution in [1.82, 2.24) is 20.2 Å². The first kappa shape index (κ1) is 32.6. The number of carbonyl (C=O) groups excluding carboxylic acids is 2. The quantitative estimate of drug-likeness (QED) is 0.191. The molecule has 0 spiro atoms. The average molecular weight is 649 g/mol. The van der Waals surface area contributed by atoms with Crippen molar-refractivity contribution in [3.63, 3.8) is 0 Å². The molecule has 4 aromatic rings. The molecule has 232 valence electrons. The van der Waals surface area contributed by atoms with E-state index in [9.17, 15) is 22.8 Å². The molecule has 3 N–H and O–H groups in total. The maximum absolute atomic E-state index is 12.3. The summed E-state index contributed by atoms with van der Waals surface area (Å²) in [6.07, 6.45) is -0.665. The lowest BCUT2D eigenvalue weighted by molar-refractivity contribution is -0.192. The summed E-state index contributed by atoms with van der Waals surface area (Å²) in [4.78, 5) is 46.9. The van der Waals surface area contributed by atoms with Gasteiger partial charge in [-0.15, -0.1) is 11.3 Å². The molecule has 1 aliphatic rings. The molecule has 2 amide bonds. The standard InChI is InChI=1S/C27H27ClN6O2S.C2HF3O2/c28-22-3-1-4-23-24(22)37-27(32-23)19-5-7-20(8-6-19)31-26(36)25(35)30-11-2-14-33-15-17-34(18-16-33)21-9-12-29-13-10-21;3-2(4,5)1(6)7/h1,3-10,12-13H,2,11,14-18H2,(H,30,35)(H,31,36);(H,6,7). The highest BCUT2D eigenvalue weighted by Gasteiger charge is 2.38. The summed E-state index contributed by atoms with van der Waals surface area (Å²) in [6, 6.07) is 17.0. The molecule has 0 atom stereocenters. The summed E-state index contributed by atoms with van der Waals surface area (Å²) >= 11 is 7.78. The van der Waals surface area contributed by atoms with Crippen molar-refractivity contribution < 1.29 is 32.7 Å². The summed E-state index contributed by atoms with van der Waals surface area (Å²) in [5.74, 6) is -4.06. The normalized spacial score (nSPS) is 13.6. The molecule has 5 rings (SSSR count). The van der Waals surface area contributed by atoms with E-state index >= 15 is 0 Å². The number of rotatable bonds is 7. The zero-order chi connectivity index (χ0) is 31.7. The molecule has 2 aromatic heterocycles. The number of hydrogen-bond acceptors (Lipinski definition) is 8. The number of nitrogens with one attached hydrogen (secondary N) is 2. The number of benzene rings is 2. The van der Waals surface area contributed by atoms with Crippen LogP contribution in [0.1, 0.15) is 6.42 Å². The topological polar surface area (TPSA) is 128 Å². The van der Waals surface area contributed by atoms with E-state index in [2.05, 4.69) is 30.4 Å². The molecule has 0 radical (unpaired) electrons. The summed E-state index contributed by atoms with van der Waals surface area (Å²) in [6.45, 7) is 5.20. The molecule has 0 aliphatic carbocycles. The molecule has 0 unspecified atom stereocenters. The average Bonchev–Trinajstić information content (AvgIpc) is 3.46. The van der Waals surface area contributed by atoms with Crippen LogP contribution in [0, 0.1) is 0 Å². The number of carbonyl (C=O) groups is 3. The van der Waals surface area contributed by atoms with Crippen LogP contribution in [0.15, 0.2) is 67.0 Å². The number of carboxylic acid groups (broad SMARTS) is 1. The summed E-state index contributed by atoms with van der Waals surface area (Å²) < 4.78 is 32.7. The Kier molecular flexibility index (Phi) is 11.1. The first-order valence-electron chi connectivity index (χ1n) is 13.4. The van der Waals surface area contributed by atoms with Crippen molar-refractivity contribution in [1.29, 1.82) is 0 Å². The molecular formula is C29H28ClF3N6O4S. The van der Waals surface area contributed by atoms with Gasteiger partial charge in [0.1, 0.15) is 5.01 Å². The molecule has 0 bridgehead atoms. The Morgan fingerprint density at radius 1 is 0.955 bits per heavy atom. The van der Waals surface area contributed by atoms with E-state index in [1.54, 1.807) is 12.1 Å². The van der Waals surface area contributed by atoms with Gasteiger partial charge in [0.05, 0.1) is 15.2 Å². The van der Waals surface area contributed by atoms with Crippen molar-refractivity contribution in [3.05, 3.63) is 72.0 Å². The maximum atomic E-state index is 12.3. The maximum Gasteiger partial charge on any atom is 0.490 e. The summed E-state index contributed by atoms with van der Waals surface area (Å²) in [7, 11) is 0. The molecule has 0 saturated carbocycles. The fraction of sp³-hybridized carbons (Fsp3) is 0.276. The minimum atomic E-state index is -5.08.